The largest absolute Gasteiger partial charge is 0.441 e. The fourth-order valence-electron chi connectivity index (χ4n) is 1.32. The number of halogens is 1. The molecule has 0 aliphatic rings. The topological polar surface area (TPSA) is 52.0 Å². The summed E-state index contributed by atoms with van der Waals surface area (Å²) >= 11 is 3.41. The maximum atomic E-state index is 5.55. The van der Waals surface area contributed by atoms with Gasteiger partial charge in [-0.25, -0.2) is 4.98 Å². The molecule has 3 nitrogen and oxygen atoms in total. The predicted octanol–water partition coefficient (Wildman–Crippen LogP) is 2.61. The number of nitrogens with zero attached hydrogens (tertiary/aromatic N) is 1. The molecular weight excluding hydrogens is 256 g/mol. The van der Waals surface area contributed by atoms with Crippen molar-refractivity contribution in [2.45, 2.75) is 6.42 Å². The number of rotatable bonds is 3. The van der Waals surface area contributed by atoms with Crippen molar-refractivity contribution in [2.24, 2.45) is 5.73 Å². The highest BCUT2D eigenvalue weighted by Crippen LogP contribution is 2.22. The minimum absolute atomic E-state index is 0.577. The summed E-state index contributed by atoms with van der Waals surface area (Å²) in [4.78, 5) is 4.20. The van der Waals surface area contributed by atoms with Crippen LogP contribution in [0.25, 0.3) is 11.5 Å². The summed E-state index contributed by atoms with van der Waals surface area (Å²) in [7, 11) is 0. The summed E-state index contributed by atoms with van der Waals surface area (Å²) in [6.45, 7) is 0.577. The highest BCUT2D eigenvalue weighted by molar-refractivity contribution is 9.10. The minimum atomic E-state index is 0.577. The minimum Gasteiger partial charge on any atom is -0.441 e. The van der Waals surface area contributed by atoms with Crippen LogP contribution in [0.5, 0.6) is 0 Å². The molecule has 2 aromatic rings. The van der Waals surface area contributed by atoms with E-state index in [-0.39, 0.29) is 0 Å². The molecule has 0 atom stereocenters. The zero-order valence-corrected chi connectivity index (χ0v) is 9.70. The van der Waals surface area contributed by atoms with Gasteiger partial charge in [0, 0.05) is 16.5 Å². The highest BCUT2D eigenvalue weighted by atomic mass is 79.9. The molecule has 1 heterocycles. The van der Waals surface area contributed by atoms with Gasteiger partial charge in [-0.2, -0.15) is 0 Å². The average molecular weight is 267 g/mol. The molecule has 2 rings (SSSR count). The van der Waals surface area contributed by atoms with Gasteiger partial charge in [0.25, 0.3) is 0 Å². The van der Waals surface area contributed by atoms with Gasteiger partial charge in [0.05, 0.1) is 6.20 Å². The maximum absolute atomic E-state index is 5.55. The summed E-state index contributed by atoms with van der Waals surface area (Å²) in [6, 6.07) is 7.85. The molecule has 0 fully saturated rings. The van der Waals surface area contributed by atoms with E-state index in [2.05, 4.69) is 20.9 Å². The van der Waals surface area contributed by atoms with Crippen LogP contribution in [-0.4, -0.2) is 11.5 Å². The second kappa shape index (κ2) is 4.59. The van der Waals surface area contributed by atoms with Crippen molar-refractivity contribution in [3.63, 3.8) is 0 Å². The molecule has 0 amide bonds. The zero-order valence-electron chi connectivity index (χ0n) is 8.11. The average Bonchev–Trinajstić information content (AvgIpc) is 2.67. The van der Waals surface area contributed by atoms with Gasteiger partial charge in [0.1, 0.15) is 5.76 Å². The molecule has 0 unspecified atom stereocenters. The Hall–Kier alpha value is -1.13. The first kappa shape index (κ1) is 10.4. The zero-order chi connectivity index (χ0) is 10.7. The SMILES string of the molecule is NCCc1cnc(-c2cccc(Br)c2)o1. The third-order valence-corrected chi connectivity index (χ3v) is 2.51. The van der Waals surface area contributed by atoms with Crippen molar-refractivity contribution < 1.29 is 4.42 Å². The van der Waals surface area contributed by atoms with Crippen molar-refractivity contribution in [2.75, 3.05) is 6.54 Å². The van der Waals surface area contributed by atoms with E-state index >= 15 is 0 Å². The van der Waals surface area contributed by atoms with Gasteiger partial charge in [-0.3, -0.25) is 0 Å². The van der Waals surface area contributed by atoms with E-state index in [4.69, 9.17) is 10.2 Å². The smallest absolute Gasteiger partial charge is 0.226 e. The van der Waals surface area contributed by atoms with Crippen LogP contribution in [0.2, 0.25) is 0 Å². The van der Waals surface area contributed by atoms with E-state index in [0.717, 1.165) is 22.2 Å². The number of hydrogen-bond donors (Lipinski definition) is 1. The second-order valence-electron chi connectivity index (χ2n) is 3.18. The van der Waals surface area contributed by atoms with Crippen LogP contribution >= 0.6 is 15.9 Å². The molecule has 2 N–H and O–H groups in total. The lowest BCUT2D eigenvalue weighted by atomic mass is 10.2. The molecular formula is C11H11BrN2O. The molecule has 0 aliphatic heterocycles. The molecule has 0 saturated heterocycles. The molecule has 1 aromatic heterocycles. The van der Waals surface area contributed by atoms with Gasteiger partial charge in [0.15, 0.2) is 0 Å². The Bertz CT molecular complexity index is 453. The summed E-state index contributed by atoms with van der Waals surface area (Å²) in [5.41, 5.74) is 6.40. The van der Waals surface area contributed by atoms with Crippen molar-refractivity contribution in [1.82, 2.24) is 4.98 Å². The standard InChI is InChI=1S/C11H11BrN2O/c12-9-3-1-2-8(6-9)11-14-7-10(15-11)4-5-13/h1-3,6-7H,4-5,13H2. The fraction of sp³-hybridized carbons (Fsp3) is 0.182. The van der Waals surface area contributed by atoms with E-state index in [1.807, 2.05) is 24.3 Å². The number of oxazole rings is 1. The van der Waals surface area contributed by atoms with Crippen molar-refractivity contribution in [3.8, 4) is 11.5 Å². The van der Waals surface area contributed by atoms with E-state index in [1.165, 1.54) is 0 Å². The molecule has 15 heavy (non-hydrogen) atoms. The van der Waals surface area contributed by atoms with Crippen LogP contribution in [0.4, 0.5) is 0 Å². The molecule has 0 aliphatic carbocycles. The van der Waals surface area contributed by atoms with Gasteiger partial charge in [-0.05, 0) is 24.7 Å². The highest BCUT2D eigenvalue weighted by Gasteiger charge is 2.05. The van der Waals surface area contributed by atoms with Gasteiger partial charge >= 0.3 is 0 Å². The third kappa shape index (κ3) is 2.46. The monoisotopic (exact) mass is 266 g/mol. The van der Waals surface area contributed by atoms with Crippen molar-refractivity contribution in [3.05, 3.63) is 40.7 Å². The third-order valence-electron chi connectivity index (χ3n) is 2.02. The van der Waals surface area contributed by atoms with Gasteiger partial charge in [0.2, 0.25) is 5.89 Å². The quantitative estimate of drug-likeness (QED) is 0.929. The van der Waals surface area contributed by atoms with E-state index in [9.17, 15) is 0 Å². The Morgan fingerprint density at radius 3 is 3.00 bits per heavy atom. The van der Waals surface area contributed by atoms with Gasteiger partial charge < -0.3 is 10.2 Å². The molecule has 4 heteroatoms. The first-order chi connectivity index (χ1) is 7.29. The van der Waals surface area contributed by atoms with Crippen molar-refractivity contribution in [1.29, 1.82) is 0 Å². The number of aromatic nitrogens is 1. The Morgan fingerprint density at radius 1 is 1.40 bits per heavy atom. The lowest BCUT2D eigenvalue weighted by Crippen LogP contribution is -2.01. The van der Waals surface area contributed by atoms with Crippen LogP contribution in [0, 0.1) is 0 Å². The molecule has 0 spiro atoms. The van der Waals surface area contributed by atoms with Crippen LogP contribution in [0.15, 0.2) is 39.4 Å². The number of hydrogen-bond acceptors (Lipinski definition) is 3. The summed E-state index contributed by atoms with van der Waals surface area (Å²) < 4.78 is 6.57. The van der Waals surface area contributed by atoms with Crippen molar-refractivity contribution >= 4 is 15.9 Å². The molecule has 0 radical (unpaired) electrons. The maximum Gasteiger partial charge on any atom is 0.226 e. The summed E-state index contributed by atoms with van der Waals surface area (Å²) in [5.74, 6) is 1.47. The van der Waals surface area contributed by atoms with Crippen LogP contribution in [0.3, 0.4) is 0 Å². The molecule has 0 saturated carbocycles. The van der Waals surface area contributed by atoms with Crippen LogP contribution in [-0.2, 0) is 6.42 Å². The Balaban J connectivity index is 2.29. The number of nitrogens with two attached hydrogens (primary N) is 1. The number of benzene rings is 1. The molecule has 1 aromatic carbocycles. The van der Waals surface area contributed by atoms with Gasteiger partial charge in [-0.15, -0.1) is 0 Å². The second-order valence-corrected chi connectivity index (χ2v) is 4.10. The Labute approximate surface area is 96.4 Å². The van der Waals surface area contributed by atoms with E-state index in [0.29, 0.717) is 12.4 Å². The lowest BCUT2D eigenvalue weighted by molar-refractivity contribution is 0.519. The Kier molecular flexibility index (Phi) is 3.18. The summed E-state index contributed by atoms with van der Waals surface area (Å²) in [5, 5.41) is 0. The van der Waals surface area contributed by atoms with E-state index in [1.54, 1.807) is 6.20 Å². The van der Waals surface area contributed by atoms with E-state index < -0.39 is 0 Å². The normalized spacial score (nSPS) is 10.5. The summed E-state index contributed by atoms with van der Waals surface area (Å²) in [6.07, 6.45) is 2.45. The predicted molar refractivity (Wildman–Crippen MR) is 62.4 cm³/mol. The fourth-order valence-corrected chi connectivity index (χ4v) is 1.72. The lowest BCUT2D eigenvalue weighted by Gasteiger charge is -1.96. The van der Waals surface area contributed by atoms with Gasteiger partial charge in [-0.1, -0.05) is 22.0 Å². The van der Waals surface area contributed by atoms with Crippen LogP contribution < -0.4 is 5.73 Å². The first-order valence-corrected chi connectivity index (χ1v) is 5.49. The van der Waals surface area contributed by atoms with Crippen LogP contribution in [0.1, 0.15) is 5.76 Å². The first-order valence-electron chi connectivity index (χ1n) is 4.70. The molecule has 78 valence electrons. The molecule has 0 bridgehead atoms. The Morgan fingerprint density at radius 2 is 2.27 bits per heavy atom.